The van der Waals surface area contributed by atoms with Crippen LogP contribution in [0.5, 0.6) is 0 Å². The van der Waals surface area contributed by atoms with Crippen molar-refractivity contribution in [2.75, 3.05) is 33.2 Å². The zero-order valence-corrected chi connectivity index (χ0v) is 11.2. The Kier molecular flexibility index (Phi) is 2.58. The van der Waals surface area contributed by atoms with Crippen molar-refractivity contribution in [2.24, 2.45) is 5.41 Å². The van der Waals surface area contributed by atoms with Crippen LogP contribution in [-0.4, -0.2) is 53.9 Å². The summed E-state index contributed by atoms with van der Waals surface area (Å²) in [6, 6.07) is 5.38. The normalized spacial score (nSPS) is 20.6. The fourth-order valence-corrected chi connectivity index (χ4v) is 3.17. The zero-order chi connectivity index (χ0) is 13.6. The van der Waals surface area contributed by atoms with E-state index < -0.39 is 0 Å². The van der Waals surface area contributed by atoms with E-state index in [0.717, 1.165) is 26.2 Å². The first-order valence-corrected chi connectivity index (χ1v) is 6.39. The van der Waals surface area contributed by atoms with Crippen LogP contribution < -0.4 is 0 Å². The van der Waals surface area contributed by atoms with Crippen LogP contribution in [0, 0.1) is 23.7 Å². The molecule has 0 unspecified atom stereocenters. The molecule has 5 heteroatoms. The Bertz CT molecular complexity index is 576. The van der Waals surface area contributed by atoms with Crippen LogP contribution >= 0.6 is 0 Å². The molecule has 0 radical (unpaired) electrons. The third kappa shape index (κ3) is 1.89. The number of carbonyl (C=O) groups excluding carboxylic acids is 1. The summed E-state index contributed by atoms with van der Waals surface area (Å²) in [5.41, 5.74) is 1.93. The highest BCUT2D eigenvalue weighted by atomic mass is 16.2. The van der Waals surface area contributed by atoms with E-state index in [2.05, 4.69) is 23.0 Å². The van der Waals surface area contributed by atoms with Crippen molar-refractivity contribution < 1.29 is 4.79 Å². The van der Waals surface area contributed by atoms with Crippen molar-refractivity contribution in [3.63, 3.8) is 0 Å². The molecule has 0 aromatic carbocycles. The molecule has 98 valence electrons. The average Bonchev–Trinajstić information content (AvgIpc) is 2.31. The van der Waals surface area contributed by atoms with Gasteiger partial charge in [0.2, 0.25) is 0 Å². The fourth-order valence-electron chi connectivity index (χ4n) is 3.17. The highest BCUT2D eigenvalue weighted by Crippen LogP contribution is 2.39. The van der Waals surface area contributed by atoms with E-state index in [0.29, 0.717) is 22.4 Å². The Hall–Kier alpha value is -1.93. The van der Waals surface area contributed by atoms with Gasteiger partial charge in [-0.15, -0.1) is 0 Å². The van der Waals surface area contributed by atoms with Crippen LogP contribution in [-0.2, 0) is 0 Å². The molecule has 2 fully saturated rings. The zero-order valence-electron chi connectivity index (χ0n) is 11.2. The molecule has 5 nitrogen and oxygen atoms in total. The molecule has 2 aliphatic heterocycles. The van der Waals surface area contributed by atoms with Gasteiger partial charge in [-0.2, -0.15) is 5.26 Å². The first-order valence-electron chi connectivity index (χ1n) is 6.39. The average molecular weight is 256 g/mol. The highest BCUT2D eigenvalue weighted by molar-refractivity contribution is 5.93. The summed E-state index contributed by atoms with van der Waals surface area (Å²) in [4.78, 5) is 20.6. The van der Waals surface area contributed by atoms with Crippen LogP contribution in [0.2, 0.25) is 0 Å². The molecule has 3 rings (SSSR count). The second-order valence-electron chi connectivity index (χ2n) is 5.77. The molecule has 1 amide bonds. The molecule has 2 aliphatic rings. The molecule has 0 saturated carbocycles. The van der Waals surface area contributed by atoms with Crippen LogP contribution in [0.4, 0.5) is 0 Å². The highest BCUT2D eigenvalue weighted by Gasteiger charge is 2.52. The maximum atomic E-state index is 12.3. The minimum absolute atomic E-state index is 0.0206. The summed E-state index contributed by atoms with van der Waals surface area (Å²) in [5.74, 6) is -0.0206. The monoisotopic (exact) mass is 256 g/mol. The van der Waals surface area contributed by atoms with E-state index in [9.17, 15) is 4.79 Å². The molecule has 0 atom stereocenters. The Morgan fingerprint density at radius 2 is 2.05 bits per heavy atom. The van der Waals surface area contributed by atoms with E-state index in [4.69, 9.17) is 5.26 Å². The number of hydrogen-bond donors (Lipinski definition) is 0. The first kappa shape index (κ1) is 12.1. The van der Waals surface area contributed by atoms with Gasteiger partial charge in [0.1, 0.15) is 11.8 Å². The van der Waals surface area contributed by atoms with Gasteiger partial charge in [-0.25, -0.2) is 4.98 Å². The lowest BCUT2D eigenvalue weighted by molar-refractivity contribution is -0.0873. The Labute approximate surface area is 112 Å². The summed E-state index contributed by atoms with van der Waals surface area (Å²) >= 11 is 0. The van der Waals surface area contributed by atoms with E-state index in [1.165, 1.54) is 0 Å². The number of nitriles is 1. The summed E-state index contributed by atoms with van der Waals surface area (Å²) < 4.78 is 0. The second kappa shape index (κ2) is 4.04. The van der Waals surface area contributed by atoms with Crippen molar-refractivity contribution in [3.8, 4) is 6.07 Å². The van der Waals surface area contributed by atoms with Gasteiger partial charge >= 0.3 is 0 Å². The Morgan fingerprint density at radius 1 is 1.37 bits per heavy atom. The predicted octanol–water partition coefficient (Wildman–Crippen LogP) is 0.649. The van der Waals surface area contributed by atoms with Gasteiger partial charge in [0.25, 0.3) is 5.91 Å². The van der Waals surface area contributed by atoms with Gasteiger partial charge < -0.3 is 9.80 Å². The van der Waals surface area contributed by atoms with Crippen molar-refractivity contribution >= 4 is 5.91 Å². The van der Waals surface area contributed by atoms with Crippen molar-refractivity contribution in [1.29, 1.82) is 5.26 Å². The van der Waals surface area contributed by atoms with E-state index >= 15 is 0 Å². The number of carbonyl (C=O) groups is 1. The third-order valence-electron chi connectivity index (χ3n) is 3.98. The first-order chi connectivity index (χ1) is 9.03. The molecule has 3 heterocycles. The Balaban J connectivity index is 1.69. The van der Waals surface area contributed by atoms with Crippen LogP contribution in [0.15, 0.2) is 12.1 Å². The minimum Gasteiger partial charge on any atom is -0.336 e. The molecular weight excluding hydrogens is 240 g/mol. The van der Waals surface area contributed by atoms with Crippen molar-refractivity contribution in [1.82, 2.24) is 14.8 Å². The molecule has 1 aromatic rings. The van der Waals surface area contributed by atoms with E-state index in [1.807, 2.05) is 4.90 Å². The molecule has 1 aromatic heterocycles. The lowest BCUT2D eigenvalue weighted by atomic mass is 9.73. The van der Waals surface area contributed by atoms with Crippen molar-refractivity contribution in [3.05, 3.63) is 29.1 Å². The van der Waals surface area contributed by atoms with Gasteiger partial charge in [-0.05, 0) is 26.1 Å². The molecular formula is C14H16N4O. The third-order valence-corrected chi connectivity index (χ3v) is 3.98. The second-order valence-corrected chi connectivity index (χ2v) is 5.77. The number of likely N-dealkylation sites (tertiary alicyclic amines) is 2. The number of amides is 1. The summed E-state index contributed by atoms with van der Waals surface area (Å²) in [6.07, 6.45) is 0. The number of nitrogens with zero attached hydrogens (tertiary/aromatic N) is 4. The number of aryl methyl sites for hydroxylation is 1. The largest absolute Gasteiger partial charge is 0.336 e. The molecule has 19 heavy (non-hydrogen) atoms. The van der Waals surface area contributed by atoms with Gasteiger partial charge in [0.05, 0.1) is 11.3 Å². The summed E-state index contributed by atoms with van der Waals surface area (Å²) in [6.45, 7) is 5.58. The molecule has 1 spiro atoms. The number of hydrogen-bond acceptors (Lipinski definition) is 4. The lowest BCUT2D eigenvalue weighted by Gasteiger charge is -2.59. The predicted molar refractivity (Wildman–Crippen MR) is 69.5 cm³/mol. The molecule has 2 saturated heterocycles. The van der Waals surface area contributed by atoms with E-state index in [-0.39, 0.29) is 5.91 Å². The SMILES string of the molecule is Cc1nc(C(=O)N2CC3(CN(C)C3)C2)ccc1C#N. The molecule has 0 aliphatic carbocycles. The maximum absolute atomic E-state index is 12.3. The smallest absolute Gasteiger partial charge is 0.272 e. The van der Waals surface area contributed by atoms with E-state index in [1.54, 1.807) is 19.1 Å². The maximum Gasteiger partial charge on any atom is 0.272 e. The van der Waals surface area contributed by atoms with Gasteiger partial charge in [-0.3, -0.25) is 4.79 Å². The van der Waals surface area contributed by atoms with Gasteiger partial charge in [0, 0.05) is 31.6 Å². The van der Waals surface area contributed by atoms with Crippen LogP contribution in [0.25, 0.3) is 0 Å². The van der Waals surface area contributed by atoms with Gasteiger partial charge in [0.15, 0.2) is 0 Å². The minimum atomic E-state index is -0.0206. The number of aromatic nitrogens is 1. The van der Waals surface area contributed by atoms with Crippen LogP contribution in [0.3, 0.4) is 0 Å². The topological polar surface area (TPSA) is 60.2 Å². The summed E-state index contributed by atoms with van der Waals surface area (Å²) in [5, 5.41) is 8.86. The molecule has 0 bridgehead atoms. The summed E-state index contributed by atoms with van der Waals surface area (Å²) in [7, 11) is 2.10. The number of rotatable bonds is 1. The quantitative estimate of drug-likeness (QED) is 0.740. The van der Waals surface area contributed by atoms with Crippen molar-refractivity contribution in [2.45, 2.75) is 6.92 Å². The Morgan fingerprint density at radius 3 is 2.58 bits per heavy atom. The van der Waals surface area contributed by atoms with Gasteiger partial charge in [-0.1, -0.05) is 0 Å². The van der Waals surface area contributed by atoms with Crippen LogP contribution in [0.1, 0.15) is 21.7 Å². The molecule has 0 N–H and O–H groups in total. The fraction of sp³-hybridized carbons (Fsp3) is 0.500. The lowest BCUT2D eigenvalue weighted by Crippen LogP contribution is -2.72. The number of pyridine rings is 1. The standard InChI is InChI=1S/C14H16N4O/c1-10-11(5-15)3-4-12(16-10)13(19)18-8-14(9-18)6-17(2)7-14/h3-4H,6-9H2,1-2H3.